The van der Waals surface area contributed by atoms with Gasteiger partial charge in [0.1, 0.15) is 5.88 Å². The Bertz CT molecular complexity index is 678. The molecule has 0 aromatic heterocycles. The van der Waals surface area contributed by atoms with Crippen LogP contribution in [0.2, 0.25) is 0 Å². The molecule has 2 amide bonds. The van der Waals surface area contributed by atoms with E-state index in [1.165, 1.54) is 17.3 Å². The molecule has 0 aromatic carbocycles. The minimum atomic E-state index is -0.0207. The van der Waals surface area contributed by atoms with Crippen molar-refractivity contribution >= 4 is 35.2 Å². The molecule has 6 rings (SSSR count). The Morgan fingerprint density at radius 3 is 1.83 bits per heavy atom. The van der Waals surface area contributed by atoms with Crippen LogP contribution in [0.15, 0.2) is 0 Å². The molecular formula is C24H40Cl2N2O2. The van der Waals surface area contributed by atoms with Gasteiger partial charge in [0.25, 0.3) is 0 Å². The van der Waals surface area contributed by atoms with Gasteiger partial charge in [-0.05, 0) is 72.0 Å². The van der Waals surface area contributed by atoms with Gasteiger partial charge in [0.05, 0.1) is 6.04 Å². The van der Waals surface area contributed by atoms with Crippen LogP contribution in [0.4, 0.5) is 0 Å². The van der Waals surface area contributed by atoms with E-state index in [1.54, 1.807) is 6.92 Å². The molecule has 0 aromatic rings. The number of hydrogen-bond acceptors (Lipinski definition) is 2. The Labute approximate surface area is 192 Å². The van der Waals surface area contributed by atoms with Gasteiger partial charge in [-0.1, -0.05) is 41.5 Å². The predicted molar refractivity (Wildman–Crippen MR) is 123 cm³/mol. The number of fused-ring (bicyclic) bond motifs is 4. The number of nitrogens with one attached hydrogen (secondary N) is 1. The highest BCUT2D eigenvalue weighted by Crippen LogP contribution is 2.62. The van der Waals surface area contributed by atoms with Crippen molar-refractivity contribution in [3.8, 4) is 0 Å². The molecule has 6 heteroatoms. The fourth-order valence-corrected chi connectivity index (χ4v) is 7.58. The van der Waals surface area contributed by atoms with E-state index in [-0.39, 0.29) is 23.7 Å². The molecule has 0 aliphatic heterocycles. The number of rotatable bonds is 3. The number of carbonyl (C=O) groups is 2. The van der Waals surface area contributed by atoms with E-state index in [9.17, 15) is 9.59 Å². The molecule has 30 heavy (non-hydrogen) atoms. The molecule has 1 N–H and O–H groups in total. The fourth-order valence-electron chi connectivity index (χ4n) is 7.24. The van der Waals surface area contributed by atoms with E-state index >= 15 is 0 Å². The molecule has 6 aliphatic carbocycles. The second kappa shape index (κ2) is 8.46. The highest BCUT2D eigenvalue weighted by atomic mass is 35.5. The summed E-state index contributed by atoms with van der Waals surface area (Å²) < 4.78 is 1.43. The van der Waals surface area contributed by atoms with Crippen LogP contribution in [0.1, 0.15) is 74.1 Å². The Hall–Kier alpha value is -0.480. The van der Waals surface area contributed by atoms with E-state index in [1.807, 2.05) is 0 Å². The molecule has 6 aliphatic rings. The van der Waals surface area contributed by atoms with Crippen molar-refractivity contribution in [2.75, 3.05) is 5.88 Å². The molecule has 0 spiro atoms. The first-order valence-corrected chi connectivity index (χ1v) is 12.5. The summed E-state index contributed by atoms with van der Waals surface area (Å²) in [5.74, 6) is 4.23. The zero-order valence-electron chi connectivity index (χ0n) is 19.7. The largest absolute Gasteiger partial charge is 0.352 e. The Balaban J connectivity index is 0.000000171. The van der Waals surface area contributed by atoms with Gasteiger partial charge >= 0.3 is 0 Å². The lowest BCUT2D eigenvalue weighted by molar-refractivity contribution is -0.145. The highest BCUT2D eigenvalue weighted by molar-refractivity contribution is 6.27. The lowest BCUT2D eigenvalue weighted by Gasteiger charge is -2.62. The van der Waals surface area contributed by atoms with Crippen LogP contribution < -0.4 is 5.32 Å². The minimum absolute atomic E-state index is 0.0207. The lowest BCUT2D eigenvalue weighted by Crippen LogP contribution is -2.60. The molecule has 4 nitrogen and oxygen atoms in total. The highest BCUT2D eigenvalue weighted by Gasteiger charge is 2.58. The summed E-state index contributed by atoms with van der Waals surface area (Å²) in [6, 6.07) is 0.606. The monoisotopic (exact) mass is 458 g/mol. The molecule has 172 valence electrons. The summed E-state index contributed by atoms with van der Waals surface area (Å²) >= 11 is 11.6. The van der Waals surface area contributed by atoms with Crippen LogP contribution in [-0.4, -0.2) is 34.2 Å². The van der Waals surface area contributed by atoms with E-state index in [2.05, 4.69) is 46.9 Å². The SMILES string of the molecule is CC(=O)N(Cl)C1CC2CC(C1C)C2(C)C.CC1C2C[C@@H](C[C@H]1NC(=O)CCl)C2(C)C. The topological polar surface area (TPSA) is 49.4 Å². The van der Waals surface area contributed by atoms with Gasteiger partial charge in [-0.15, -0.1) is 11.6 Å². The average Bonchev–Trinajstić information content (AvgIpc) is 2.68. The van der Waals surface area contributed by atoms with Gasteiger partial charge < -0.3 is 5.32 Å². The number of carbonyl (C=O) groups excluding carboxylic acids is 2. The third-order valence-electron chi connectivity index (χ3n) is 9.73. The second-order valence-electron chi connectivity index (χ2n) is 11.6. The zero-order valence-corrected chi connectivity index (χ0v) is 21.2. The Morgan fingerprint density at radius 1 is 0.933 bits per heavy atom. The minimum Gasteiger partial charge on any atom is -0.352 e. The van der Waals surface area contributed by atoms with Crippen molar-refractivity contribution in [2.45, 2.75) is 86.2 Å². The van der Waals surface area contributed by atoms with Crippen molar-refractivity contribution in [3.63, 3.8) is 0 Å². The molecule has 0 heterocycles. The number of halogens is 2. The molecule has 4 bridgehead atoms. The lowest BCUT2D eigenvalue weighted by atomic mass is 9.45. The summed E-state index contributed by atoms with van der Waals surface area (Å²) in [5.41, 5.74) is 0.950. The third-order valence-corrected chi connectivity index (χ3v) is 10.5. The van der Waals surface area contributed by atoms with Crippen LogP contribution in [0.25, 0.3) is 0 Å². The van der Waals surface area contributed by atoms with Gasteiger partial charge in [0.15, 0.2) is 0 Å². The first-order chi connectivity index (χ1) is 13.8. The number of amides is 2. The van der Waals surface area contributed by atoms with E-state index in [0.717, 1.165) is 36.5 Å². The maximum atomic E-state index is 11.3. The van der Waals surface area contributed by atoms with Crippen LogP contribution in [0, 0.1) is 46.3 Å². The van der Waals surface area contributed by atoms with Crippen LogP contribution >= 0.6 is 23.4 Å². The van der Waals surface area contributed by atoms with E-state index < -0.39 is 0 Å². The fraction of sp³-hybridized carbons (Fsp3) is 0.917. The number of alkyl halides is 1. The van der Waals surface area contributed by atoms with Gasteiger partial charge in [-0.2, -0.15) is 0 Å². The van der Waals surface area contributed by atoms with E-state index in [4.69, 9.17) is 23.4 Å². The first kappa shape index (κ1) is 24.2. The third kappa shape index (κ3) is 4.00. The number of nitrogens with zero attached hydrogens (tertiary/aromatic N) is 1. The van der Waals surface area contributed by atoms with Crippen molar-refractivity contribution < 1.29 is 9.59 Å². The van der Waals surface area contributed by atoms with Gasteiger partial charge in [-0.25, -0.2) is 0 Å². The van der Waals surface area contributed by atoms with Gasteiger partial charge in [0, 0.05) is 24.7 Å². The van der Waals surface area contributed by atoms with Gasteiger partial charge in [-0.3, -0.25) is 14.0 Å². The standard InChI is InChI=1S/2C12H20ClNO/c1-7-9-4-8(12(9,2)3)5-10(7)14-11(15)6-13;1-7-10-5-9(12(10,3)4)6-11(7)14(13)8(2)15/h7-10H,4-6H2,1-3H3,(H,14,15);7,9-11H,5-6H2,1-4H3/t7?,8-,9?,10+;/m0./s1. The second-order valence-corrected chi connectivity index (χ2v) is 12.2. The van der Waals surface area contributed by atoms with Crippen molar-refractivity contribution in [2.24, 2.45) is 46.3 Å². The molecule has 0 saturated heterocycles. The number of hydrogen-bond donors (Lipinski definition) is 1. The summed E-state index contributed by atoms with van der Waals surface area (Å²) in [4.78, 5) is 22.5. The molecule has 0 radical (unpaired) electrons. The molecule has 6 fully saturated rings. The first-order valence-electron chi connectivity index (χ1n) is 11.6. The molecular weight excluding hydrogens is 419 g/mol. The van der Waals surface area contributed by atoms with Crippen LogP contribution in [0.5, 0.6) is 0 Å². The predicted octanol–water partition coefficient (Wildman–Crippen LogP) is 5.47. The molecule has 6 saturated carbocycles. The smallest absolute Gasteiger partial charge is 0.235 e. The normalized spacial score (nSPS) is 41.9. The maximum Gasteiger partial charge on any atom is 0.235 e. The summed E-state index contributed by atoms with van der Waals surface area (Å²) in [5, 5.41) is 3.05. The maximum absolute atomic E-state index is 11.3. The van der Waals surface area contributed by atoms with Crippen molar-refractivity contribution in [1.29, 1.82) is 0 Å². The van der Waals surface area contributed by atoms with Gasteiger partial charge in [0.2, 0.25) is 11.8 Å². The Morgan fingerprint density at radius 2 is 1.43 bits per heavy atom. The van der Waals surface area contributed by atoms with Crippen LogP contribution in [-0.2, 0) is 9.59 Å². The Kier molecular flexibility index (Phi) is 6.82. The summed E-state index contributed by atoms with van der Waals surface area (Å²) in [6.45, 7) is 15.5. The van der Waals surface area contributed by atoms with Crippen LogP contribution in [0.3, 0.4) is 0 Å². The van der Waals surface area contributed by atoms with Crippen molar-refractivity contribution in [1.82, 2.24) is 9.74 Å². The quantitative estimate of drug-likeness (QED) is 0.449. The van der Waals surface area contributed by atoms with Crippen molar-refractivity contribution in [3.05, 3.63) is 0 Å². The molecule has 6 unspecified atom stereocenters. The summed E-state index contributed by atoms with van der Waals surface area (Å²) in [7, 11) is 0. The zero-order chi connectivity index (χ0) is 22.6. The average molecular weight is 460 g/mol. The molecule has 8 atom stereocenters. The summed E-state index contributed by atoms with van der Waals surface area (Å²) in [6.07, 6.45) is 4.88. The van der Waals surface area contributed by atoms with E-state index in [0.29, 0.717) is 28.7 Å².